The third kappa shape index (κ3) is 54.8. The second-order valence-corrected chi connectivity index (χ2v) is 9.92. The Balaban J connectivity index is -0.000000229. The van der Waals surface area contributed by atoms with E-state index in [0.29, 0.717) is 6.61 Å². The zero-order chi connectivity index (χ0) is 31.7. The topological polar surface area (TPSA) is 57.5 Å². The van der Waals surface area contributed by atoms with Gasteiger partial charge in [-0.25, -0.2) is 0 Å². The van der Waals surface area contributed by atoms with Gasteiger partial charge in [0.2, 0.25) is 0 Å². The SMILES string of the molecule is CC/C=C\C/C=C\C/C=C\C/C=C\C/C=C\CCCC(=O)O.CC/C=C\C/C=C\C/C=C\C/C=C\C/C=C\CCCCO.[AlH3].[H-].[Li+]. The number of aliphatic hydroxyl groups is 1. The van der Waals surface area contributed by atoms with Crippen LogP contribution in [0.25, 0.3) is 0 Å². The van der Waals surface area contributed by atoms with E-state index in [9.17, 15) is 4.79 Å². The number of rotatable bonds is 26. The van der Waals surface area contributed by atoms with Gasteiger partial charge in [0.05, 0.1) is 0 Å². The first-order valence-corrected chi connectivity index (χ1v) is 16.5. The number of allylic oxidation sites excluding steroid dienone is 20. The van der Waals surface area contributed by atoms with Crippen molar-refractivity contribution in [3.63, 3.8) is 0 Å². The van der Waals surface area contributed by atoms with E-state index in [0.717, 1.165) is 96.3 Å². The molecule has 0 spiro atoms. The minimum atomic E-state index is -0.715. The molecule has 0 unspecified atom stereocenters. The van der Waals surface area contributed by atoms with E-state index < -0.39 is 5.97 Å². The van der Waals surface area contributed by atoms with Crippen LogP contribution < -0.4 is 18.9 Å². The molecule has 0 heterocycles. The molecular weight excluding hydrogens is 562 g/mol. The zero-order valence-corrected chi connectivity index (χ0v) is 28.4. The maximum absolute atomic E-state index is 10.3. The number of aliphatic carboxylic acids is 1. The molecule has 248 valence electrons. The number of aliphatic hydroxyl groups excluding tert-OH is 1. The van der Waals surface area contributed by atoms with Crippen LogP contribution in [0.3, 0.4) is 0 Å². The maximum atomic E-state index is 10.3. The molecule has 0 saturated heterocycles. The molecule has 3 nitrogen and oxygen atoms in total. The van der Waals surface area contributed by atoms with Crippen LogP contribution in [0.4, 0.5) is 0 Å². The van der Waals surface area contributed by atoms with Crippen LogP contribution in [-0.4, -0.2) is 40.2 Å². The molecule has 0 aliphatic carbocycles. The molecule has 0 aromatic heterocycles. The van der Waals surface area contributed by atoms with Crippen LogP contribution in [0.1, 0.15) is 118 Å². The molecule has 0 fully saturated rings. The second kappa shape index (κ2) is 48.9. The fourth-order valence-electron chi connectivity index (χ4n) is 3.48. The second-order valence-electron chi connectivity index (χ2n) is 9.92. The predicted octanol–water partition coefficient (Wildman–Crippen LogP) is 7.83. The van der Waals surface area contributed by atoms with Crippen molar-refractivity contribution in [3.05, 3.63) is 122 Å². The third-order valence-corrected chi connectivity index (χ3v) is 5.86. The summed E-state index contributed by atoms with van der Waals surface area (Å²) in [5.41, 5.74) is 0. The van der Waals surface area contributed by atoms with Crippen molar-refractivity contribution >= 4 is 23.3 Å². The Morgan fingerprint density at radius 3 is 1.00 bits per heavy atom. The van der Waals surface area contributed by atoms with Gasteiger partial charge in [-0.3, -0.25) is 4.79 Å². The molecule has 5 heteroatoms. The smallest absolute Gasteiger partial charge is 1.00 e. The Labute approximate surface area is 301 Å². The molecule has 45 heavy (non-hydrogen) atoms. The molecule has 0 aliphatic rings. The van der Waals surface area contributed by atoms with Crippen molar-refractivity contribution in [2.75, 3.05) is 6.61 Å². The summed E-state index contributed by atoms with van der Waals surface area (Å²) in [4.78, 5) is 10.3. The predicted molar refractivity (Wildman–Crippen MR) is 202 cm³/mol. The van der Waals surface area contributed by atoms with Gasteiger partial charge in [0, 0.05) is 13.0 Å². The summed E-state index contributed by atoms with van der Waals surface area (Å²) in [7, 11) is 0. The van der Waals surface area contributed by atoms with Crippen LogP contribution in [0.15, 0.2) is 122 Å². The molecule has 0 aliphatic heterocycles. The summed E-state index contributed by atoms with van der Waals surface area (Å²) < 4.78 is 0. The van der Waals surface area contributed by atoms with Crippen LogP contribution in [0.2, 0.25) is 0 Å². The molecule has 2 N–H and O–H groups in total. The van der Waals surface area contributed by atoms with Gasteiger partial charge in [-0.1, -0.05) is 135 Å². The van der Waals surface area contributed by atoms with Crippen LogP contribution in [0, 0.1) is 0 Å². The van der Waals surface area contributed by atoms with Crippen molar-refractivity contribution < 1.29 is 35.3 Å². The normalized spacial score (nSPS) is 12.3. The number of carboxylic acid groups (broad SMARTS) is 1. The number of carboxylic acids is 1. The van der Waals surface area contributed by atoms with Gasteiger partial charge in [-0.15, -0.1) is 0 Å². The van der Waals surface area contributed by atoms with E-state index in [1.807, 2.05) is 0 Å². The minimum absolute atomic E-state index is 0. The Hall–Kier alpha value is -2.04. The van der Waals surface area contributed by atoms with Gasteiger partial charge >= 0.3 is 24.8 Å². The number of hydrogen-bond acceptors (Lipinski definition) is 2. The molecule has 0 radical (unpaired) electrons. The zero-order valence-electron chi connectivity index (χ0n) is 29.4. The van der Waals surface area contributed by atoms with Crippen molar-refractivity contribution in [2.45, 2.75) is 117 Å². The molecule has 0 saturated carbocycles. The van der Waals surface area contributed by atoms with Crippen LogP contribution >= 0.6 is 0 Å². The fourth-order valence-corrected chi connectivity index (χ4v) is 3.48. The van der Waals surface area contributed by atoms with Gasteiger partial charge in [0.25, 0.3) is 0 Å². The monoisotopic (exact) mass is 628 g/mol. The summed E-state index contributed by atoms with van der Waals surface area (Å²) in [6, 6.07) is 0. The van der Waals surface area contributed by atoms with Gasteiger partial charge in [0.1, 0.15) is 0 Å². The van der Waals surface area contributed by atoms with Crippen molar-refractivity contribution in [2.24, 2.45) is 0 Å². The van der Waals surface area contributed by atoms with Gasteiger partial charge in [-0.05, 0) is 96.3 Å². The van der Waals surface area contributed by atoms with Gasteiger partial charge in [-0.2, -0.15) is 0 Å². The van der Waals surface area contributed by atoms with Crippen LogP contribution in [-0.2, 0) is 4.79 Å². The Morgan fingerprint density at radius 1 is 0.467 bits per heavy atom. The average Bonchev–Trinajstić information content (AvgIpc) is 3.00. The van der Waals surface area contributed by atoms with E-state index in [4.69, 9.17) is 10.2 Å². The molecule has 0 atom stereocenters. The summed E-state index contributed by atoms with van der Waals surface area (Å²) in [5, 5.41) is 17.1. The van der Waals surface area contributed by atoms with E-state index in [-0.39, 0.29) is 44.1 Å². The number of carbonyl (C=O) groups is 1. The van der Waals surface area contributed by atoms with Crippen molar-refractivity contribution in [1.82, 2.24) is 0 Å². The Bertz CT molecular complexity index is 896. The maximum Gasteiger partial charge on any atom is 1.00 e. The van der Waals surface area contributed by atoms with E-state index in [1.54, 1.807) is 0 Å². The first kappa shape index (κ1) is 49.8. The van der Waals surface area contributed by atoms with Crippen LogP contribution in [0.5, 0.6) is 0 Å². The Morgan fingerprint density at radius 2 is 0.733 bits per heavy atom. The molecule has 0 rings (SSSR count). The first-order valence-electron chi connectivity index (χ1n) is 16.5. The molecule has 0 aromatic carbocycles. The largest absolute Gasteiger partial charge is 1.00 e. The third-order valence-electron chi connectivity index (χ3n) is 5.86. The van der Waals surface area contributed by atoms with Crippen molar-refractivity contribution in [1.29, 1.82) is 0 Å². The molecule has 0 amide bonds. The molecular formula is C40H66AlLiO3. The summed E-state index contributed by atoms with van der Waals surface area (Å²) in [6.45, 7) is 4.61. The number of unbranched alkanes of at least 4 members (excludes halogenated alkanes) is 3. The summed E-state index contributed by atoms with van der Waals surface area (Å²) >= 11 is 0. The summed E-state index contributed by atoms with van der Waals surface area (Å²) in [5.74, 6) is -0.715. The minimum Gasteiger partial charge on any atom is -1.00 e. The average molecular weight is 629 g/mol. The molecule has 0 aromatic rings. The van der Waals surface area contributed by atoms with E-state index >= 15 is 0 Å². The number of hydrogen-bond donors (Lipinski definition) is 2. The Kier molecular flexibility index (Phi) is 54.1. The van der Waals surface area contributed by atoms with E-state index in [2.05, 4.69) is 135 Å². The summed E-state index contributed by atoms with van der Waals surface area (Å²) in [6.07, 6.45) is 58.8. The fraction of sp³-hybridized carbons (Fsp3) is 0.475. The van der Waals surface area contributed by atoms with Gasteiger partial charge in [0.15, 0.2) is 17.4 Å². The van der Waals surface area contributed by atoms with Crippen molar-refractivity contribution in [3.8, 4) is 0 Å². The first-order chi connectivity index (χ1) is 21.2. The van der Waals surface area contributed by atoms with E-state index in [1.165, 1.54) is 0 Å². The standard InChI is InChI=1S/C20H30O2.C20H32O.Al.Li.4H/c1-2-3-4-5-6-7-8-9-10-11-12-13-14-15-16-17-18-19-20(21)22;1-2-3-4-5-6-7-8-9-10-11-12-13-14-15-16-17-18-19-20-21;;;;;;/h3-4,6-7,9-10,12-13,15-16H,2,5,8,11,14,17-19H2,1H3,(H,21,22);3-4,6-7,9-10,12-13,15-16,21H,2,5,8,11,14,17-20H2,1H3;;;;;;/q;;;+1;;;;-1/b2*4-3-,7-6-,10-9-,13-12-,16-15-;;;;;;. The quantitative estimate of drug-likeness (QED) is 0.0583. The molecule has 0 bridgehead atoms. The van der Waals surface area contributed by atoms with Gasteiger partial charge < -0.3 is 11.6 Å².